The van der Waals surface area contributed by atoms with Crippen LogP contribution in [0.25, 0.3) is 0 Å². The summed E-state index contributed by atoms with van der Waals surface area (Å²) >= 11 is 1.68. The van der Waals surface area contributed by atoms with Gasteiger partial charge in [-0.1, -0.05) is 117 Å². The zero-order valence-corrected chi connectivity index (χ0v) is 35.8. The van der Waals surface area contributed by atoms with Crippen LogP contribution in [0.15, 0.2) is 36.5 Å². The number of hydrogen-bond acceptors (Lipinski definition) is 9. The number of hydrogen-bond donors (Lipinski definition) is 3. The Bertz CT molecular complexity index is 871. The van der Waals surface area contributed by atoms with E-state index in [4.69, 9.17) is 29.5 Å². The molecule has 0 aliphatic rings. The molecular formula is C40H69O12Sn. The number of carbonyl (C=O) groups is 6. The molecule has 0 aliphatic heterocycles. The van der Waals surface area contributed by atoms with Crippen LogP contribution < -0.4 is 0 Å². The van der Waals surface area contributed by atoms with Crippen molar-refractivity contribution in [3.8, 4) is 0 Å². The summed E-state index contributed by atoms with van der Waals surface area (Å²) in [6.07, 6.45) is 28.2. The van der Waals surface area contributed by atoms with Gasteiger partial charge >= 0.3 is 82.5 Å². The van der Waals surface area contributed by atoms with Crippen molar-refractivity contribution in [3.63, 3.8) is 0 Å². The van der Waals surface area contributed by atoms with Crippen LogP contribution in [-0.4, -0.2) is 93.5 Å². The Balaban J connectivity index is -0.000000318. The summed E-state index contributed by atoms with van der Waals surface area (Å²) in [5, 5.41) is 24.8. The molecule has 3 radical (unpaired) electrons. The van der Waals surface area contributed by atoms with Crippen LogP contribution in [0.3, 0.4) is 0 Å². The zero-order chi connectivity index (χ0) is 40.8. The van der Waals surface area contributed by atoms with E-state index >= 15 is 0 Å². The van der Waals surface area contributed by atoms with Crippen molar-refractivity contribution < 1.29 is 58.3 Å². The first-order valence-electron chi connectivity index (χ1n) is 19.3. The monoisotopic (exact) mass is 861 g/mol. The average Bonchev–Trinajstić information content (AvgIpc) is 3.12. The van der Waals surface area contributed by atoms with Crippen LogP contribution in [0.1, 0.15) is 156 Å². The number of carboxylic acid groups (broad SMARTS) is 3. The van der Waals surface area contributed by atoms with E-state index < -0.39 is 35.8 Å². The summed E-state index contributed by atoms with van der Waals surface area (Å²) in [5.74, 6) is -5.19. The molecule has 12 nitrogen and oxygen atoms in total. The zero-order valence-electron chi connectivity index (χ0n) is 33.0. The Morgan fingerprint density at radius 2 is 0.604 bits per heavy atom. The summed E-state index contributed by atoms with van der Waals surface area (Å²) in [7, 11) is 0. The molecule has 0 aromatic rings. The molecule has 0 aliphatic carbocycles. The van der Waals surface area contributed by atoms with Crippen molar-refractivity contribution in [1.29, 1.82) is 0 Å². The fourth-order valence-corrected chi connectivity index (χ4v) is 4.91. The van der Waals surface area contributed by atoms with Crippen LogP contribution in [0.5, 0.6) is 0 Å². The molecule has 0 aromatic heterocycles. The number of esters is 3. The van der Waals surface area contributed by atoms with Crippen molar-refractivity contribution >= 4 is 58.3 Å². The SMILES string of the molecule is CCCCCCCCOC(=O)/C=C\C(=O)O.CCCCCCCCOC(=O)/C=C\C(=O)O.CCCCCCCCOC(=O)/C=C\C(=O)O.CCC[CH2][Sn]. The summed E-state index contributed by atoms with van der Waals surface area (Å²) < 4.78 is 15.9. The third-order valence-corrected chi connectivity index (χ3v) is 7.85. The van der Waals surface area contributed by atoms with Crippen LogP contribution in [0.2, 0.25) is 4.44 Å². The molecule has 305 valence electrons. The molecule has 0 rings (SSSR count). The third kappa shape index (κ3) is 64.2. The third-order valence-electron chi connectivity index (χ3n) is 6.84. The van der Waals surface area contributed by atoms with Gasteiger partial charge in [-0.05, 0) is 19.3 Å². The van der Waals surface area contributed by atoms with E-state index in [2.05, 4.69) is 27.7 Å². The molecule has 0 saturated carbocycles. The number of carbonyl (C=O) groups excluding carboxylic acids is 3. The van der Waals surface area contributed by atoms with Gasteiger partial charge in [0.25, 0.3) is 0 Å². The number of aliphatic carboxylic acids is 3. The molecule has 0 unspecified atom stereocenters. The van der Waals surface area contributed by atoms with Gasteiger partial charge in [0.15, 0.2) is 0 Å². The van der Waals surface area contributed by atoms with Gasteiger partial charge in [0, 0.05) is 36.5 Å². The van der Waals surface area contributed by atoms with Gasteiger partial charge in [0.1, 0.15) is 0 Å². The Morgan fingerprint density at radius 1 is 0.377 bits per heavy atom. The molecule has 0 fully saturated rings. The molecule has 53 heavy (non-hydrogen) atoms. The van der Waals surface area contributed by atoms with Gasteiger partial charge in [-0.15, -0.1) is 0 Å². The number of carboxylic acids is 3. The van der Waals surface area contributed by atoms with E-state index in [-0.39, 0.29) is 0 Å². The number of unbranched alkanes of at least 4 members (excludes halogenated alkanes) is 16. The Hall–Kier alpha value is -3.16. The molecule has 0 heterocycles. The molecule has 0 spiro atoms. The normalized spacial score (nSPS) is 10.4. The maximum atomic E-state index is 10.9. The second-order valence-electron chi connectivity index (χ2n) is 11.9. The van der Waals surface area contributed by atoms with Crippen LogP contribution >= 0.6 is 0 Å². The number of rotatable bonds is 29. The second kappa shape index (κ2) is 48.8. The predicted octanol–water partition coefficient (Wildman–Crippen LogP) is 8.97. The van der Waals surface area contributed by atoms with Crippen molar-refractivity contribution in [2.45, 2.75) is 161 Å². The predicted molar refractivity (Wildman–Crippen MR) is 209 cm³/mol. The first-order valence-corrected chi connectivity index (χ1v) is 21.3. The quantitative estimate of drug-likeness (QED) is 0.0213. The molecule has 0 bridgehead atoms. The van der Waals surface area contributed by atoms with E-state index in [1.54, 1.807) is 22.5 Å². The van der Waals surface area contributed by atoms with Gasteiger partial charge in [0.2, 0.25) is 0 Å². The van der Waals surface area contributed by atoms with E-state index in [0.29, 0.717) is 19.8 Å². The van der Waals surface area contributed by atoms with Crippen molar-refractivity contribution in [3.05, 3.63) is 36.5 Å². The Kier molecular flexibility index (Phi) is 52.1. The van der Waals surface area contributed by atoms with E-state index in [1.165, 1.54) is 75.1 Å². The van der Waals surface area contributed by atoms with Crippen LogP contribution in [0, 0.1) is 0 Å². The maximum absolute atomic E-state index is 10.9. The van der Waals surface area contributed by atoms with E-state index in [9.17, 15) is 28.8 Å². The minimum absolute atomic E-state index is 0.370. The van der Waals surface area contributed by atoms with E-state index in [1.807, 2.05) is 0 Å². The standard InChI is InChI=1S/3C12H20O4.C4H9.Sn/c3*1-2-3-4-5-6-7-10-16-12(15)9-8-11(13)14;1-3-4-2;/h3*8-9H,2-7,10H2,1H3,(H,13,14);1,3-4H2,2H3;/b3*9-8-;;. The van der Waals surface area contributed by atoms with Gasteiger partial charge < -0.3 is 29.5 Å². The molecule has 0 saturated heterocycles. The summed E-state index contributed by atoms with van der Waals surface area (Å²) in [6, 6.07) is 0. The Morgan fingerprint density at radius 3 is 0.792 bits per heavy atom. The van der Waals surface area contributed by atoms with Crippen molar-refractivity contribution in [1.82, 2.24) is 0 Å². The first-order chi connectivity index (χ1) is 25.4. The summed E-state index contributed by atoms with van der Waals surface area (Å²) in [5.41, 5.74) is 0. The average molecular weight is 861 g/mol. The fraction of sp³-hybridized carbons (Fsp3) is 0.700. The van der Waals surface area contributed by atoms with Crippen LogP contribution in [0.4, 0.5) is 0 Å². The first kappa shape index (κ1) is 56.6. The second-order valence-corrected chi connectivity index (χ2v) is 13.4. The summed E-state index contributed by atoms with van der Waals surface area (Å²) in [6.45, 7) is 9.83. The van der Waals surface area contributed by atoms with Crippen molar-refractivity contribution in [2.75, 3.05) is 19.8 Å². The fourth-order valence-electron chi connectivity index (χ4n) is 3.90. The molecule has 0 aromatic carbocycles. The molecule has 3 N–H and O–H groups in total. The van der Waals surface area contributed by atoms with Crippen molar-refractivity contribution in [2.24, 2.45) is 0 Å². The van der Waals surface area contributed by atoms with Gasteiger partial charge in [0.05, 0.1) is 19.8 Å². The van der Waals surface area contributed by atoms with E-state index in [0.717, 1.165) is 94.2 Å². The van der Waals surface area contributed by atoms with Gasteiger partial charge in [-0.3, -0.25) is 0 Å². The molecule has 0 atom stereocenters. The van der Waals surface area contributed by atoms with Crippen LogP contribution in [-0.2, 0) is 43.0 Å². The minimum atomic E-state index is -1.14. The van der Waals surface area contributed by atoms with Gasteiger partial charge in [-0.25, -0.2) is 28.8 Å². The topological polar surface area (TPSA) is 191 Å². The summed E-state index contributed by atoms with van der Waals surface area (Å²) in [4.78, 5) is 63.0. The molecule has 0 amide bonds. The number of ether oxygens (including phenoxy) is 3. The molecular weight excluding hydrogens is 791 g/mol. The Labute approximate surface area is 332 Å². The van der Waals surface area contributed by atoms with Gasteiger partial charge in [-0.2, -0.15) is 0 Å². The molecule has 13 heteroatoms.